The number of aliphatic hydroxyl groups is 1. The molecule has 0 fully saturated rings. The summed E-state index contributed by atoms with van der Waals surface area (Å²) in [7, 11) is 0. The van der Waals surface area contributed by atoms with Gasteiger partial charge in [0.2, 0.25) is 0 Å². The minimum absolute atomic E-state index is 0.0412. The Labute approximate surface area is 97.8 Å². The van der Waals surface area contributed by atoms with Crippen LogP contribution in [0.2, 0.25) is 0 Å². The van der Waals surface area contributed by atoms with Crippen LogP contribution in [0.15, 0.2) is 35.2 Å². The Kier molecular flexibility index (Phi) is 2.38. The molecule has 4 heteroatoms. The van der Waals surface area contributed by atoms with Gasteiger partial charge in [-0.3, -0.25) is 0 Å². The number of hydrogen-bond donors (Lipinski definition) is 2. The van der Waals surface area contributed by atoms with Crippen LogP contribution in [-0.4, -0.2) is 16.1 Å². The lowest BCUT2D eigenvalue weighted by Crippen LogP contribution is -2.24. The molecule has 2 N–H and O–H groups in total. The van der Waals surface area contributed by atoms with Gasteiger partial charge in [0.15, 0.2) is 0 Å². The molecule has 3 rings (SSSR count). The van der Waals surface area contributed by atoms with Gasteiger partial charge >= 0.3 is 0 Å². The molecule has 0 bridgehead atoms. The lowest BCUT2D eigenvalue weighted by molar-refractivity contribution is 0.153. The van der Waals surface area contributed by atoms with Gasteiger partial charge in [0.25, 0.3) is 0 Å². The minimum Gasteiger partial charge on any atom is -0.385 e. The van der Waals surface area contributed by atoms with Crippen LogP contribution in [-0.2, 0) is 6.42 Å². The fourth-order valence-electron chi connectivity index (χ4n) is 2.09. The van der Waals surface area contributed by atoms with Crippen LogP contribution in [0, 0.1) is 0 Å². The van der Waals surface area contributed by atoms with Gasteiger partial charge in [0.05, 0.1) is 17.2 Å². The molecular formula is C12H12N2OS. The molecule has 0 spiro atoms. The predicted octanol–water partition coefficient (Wildman–Crippen LogP) is 2.21. The third kappa shape index (κ3) is 1.60. The van der Waals surface area contributed by atoms with Crippen molar-refractivity contribution in [2.24, 2.45) is 0 Å². The second kappa shape index (κ2) is 3.88. The number of thiazole rings is 1. The molecule has 82 valence electrons. The molecule has 1 aliphatic rings. The Hall–Kier alpha value is -1.39. The van der Waals surface area contributed by atoms with Crippen LogP contribution in [0.4, 0.5) is 5.69 Å². The van der Waals surface area contributed by atoms with Gasteiger partial charge in [-0.25, -0.2) is 4.98 Å². The van der Waals surface area contributed by atoms with Crippen molar-refractivity contribution in [1.82, 2.24) is 4.98 Å². The van der Waals surface area contributed by atoms with Crippen molar-refractivity contribution in [3.8, 4) is 0 Å². The fourth-order valence-corrected chi connectivity index (χ4v) is 2.67. The van der Waals surface area contributed by atoms with Crippen molar-refractivity contribution < 1.29 is 5.11 Å². The van der Waals surface area contributed by atoms with E-state index in [2.05, 4.69) is 16.4 Å². The third-order valence-electron chi connectivity index (χ3n) is 2.93. The average Bonchev–Trinajstić information content (AvgIpc) is 2.97. The van der Waals surface area contributed by atoms with Crippen molar-refractivity contribution in [2.75, 3.05) is 5.32 Å². The molecular weight excluding hydrogens is 220 g/mol. The van der Waals surface area contributed by atoms with Crippen LogP contribution >= 0.6 is 11.3 Å². The summed E-state index contributed by atoms with van der Waals surface area (Å²) in [5, 5.41) is 15.4. The topological polar surface area (TPSA) is 45.2 Å². The van der Waals surface area contributed by atoms with Gasteiger partial charge < -0.3 is 10.4 Å². The molecule has 16 heavy (non-hydrogen) atoms. The molecule has 1 aliphatic heterocycles. The smallest absolute Gasteiger partial charge is 0.117 e. The highest BCUT2D eigenvalue weighted by atomic mass is 32.1. The van der Waals surface area contributed by atoms with Crippen LogP contribution in [0.1, 0.15) is 17.4 Å². The monoisotopic (exact) mass is 232 g/mol. The van der Waals surface area contributed by atoms with Crippen molar-refractivity contribution in [3.63, 3.8) is 0 Å². The van der Waals surface area contributed by atoms with E-state index in [9.17, 15) is 5.11 Å². The maximum Gasteiger partial charge on any atom is 0.117 e. The van der Waals surface area contributed by atoms with Gasteiger partial charge in [-0.2, -0.15) is 0 Å². The Balaban J connectivity index is 1.81. The standard InChI is InChI=1S/C12H12N2OS/c15-12(11-6-16-7-13-11)10-5-8-3-1-2-4-9(8)14-10/h1-4,6-7,10,12,14-15H,5H2. The summed E-state index contributed by atoms with van der Waals surface area (Å²) in [4.78, 5) is 4.15. The highest BCUT2D eigenvalue weighted by Gasteiger charge is 2.28. The van der Waals surface area contributed by atoms with Crippen molar-refractivity contribution >= 4 is 17.0 Å². The predicted molar refractivity (Wildman–Crippen MR) is 64.6 cm³/mol. The Morgan fingerprint density at radius 2 is 2.31 bits per heavy atom. The SMILES string of the molecule is OC(c1cscn1)C1Cc2ccccc2N1. The van der Waals surface area contributed by atoms with Gasteiger partial charge in [-0.15, -0.1) is 11.3 Å². The number of nitrogens with one attached hydrogen (secondary N) is 1. The van der Waals surface area contributed by atoms with E-state index in [1.165, 1.54) is 16.9 Å². The summed E-state index contributed by atoms with van der Waals surface area (Å²) in [6.07, 6.45) is 0.327. The van der Waals surface area contributed by atoms with Crippen LogP contribution in [0.25, 0.3) is 0 Å². The first-order chi connectivity index (χ1) is 7.84. The van der Waals surface area contributed by atoms with Gasteiger partial charge in [0.1, 0.15) is 6.10 Å². The number of aromatic nitrogens is 1. The Bertz CT molecular complexity index is 459. The highest BCUT2D eigenvalue weighted by Crippen LogP contribution is 2.31. The molecule has 1 aromatic carbocycles. The van der Waals surface area contributed by atoms with Gasteiger partial charge in [-0.05, 0) is 18.1 Å². The number of nitrogens with zero attached hydrogens (tertiary/aromatic N) is 1. The molecule has 2 atom stereocenters. The first-order valence-electron chi connectivity index (χ1n) is 5.25. The molecule has 0 radical (unpaired) electrons. The Morgan fingerprint density at radius 1 is 1.44 bits per heavy atom. The fraction of sp³-hybridized carbons (Fsp3) is 0.250. The Morgan fingerprint density at radius 3 is 3.06 bits per heavy atom. The minimum atomic E-state index is -0.529. The molecule has 2 unspecified atom stereocenters. The average molecular weight is 232 g/mol. The van der Waals surface area contributed by atoms with E-state index in [1.807, 2.05) is 23.6 Å². The zero-order chi connectivity index (χ0) is 11.0. The summed E-state index contributed by atoms with van der Waals surface area (Å²) in [6, 6.07) is 8.21. The van der Waals surface area contributed by atoms with E-state index in [0.29, 0.717) is 0 Å². The maximum absolute atomic E-state index is 10.2. The summed E-state index contributed by atoms with van der Waals surface area (Å²) in [5.74, 6) is 0. The molecule has 3 nitrogen and oxygen atoms in total. The second-order valence-corrected chi connectivity index (χ2v) is 4.69. The second-order valence-electron chi connectivity index (χ2n) is 3.97. The molecule has 0 amide bonds. The van der Waals surface area contributed by atoms with Gasteiger partial charge in [0, 0.05) is 11.1 Å². The van der Waals surface area contributed by atoms with Crippen molar-refractivity contribution in [3.05, 3.63) is 46.4 Å². The summed E-state index contributed by atoms with van der Waals surface area (Å²) < 4.78 is 0. The number of fused-ring (bicyclic) bond motifs is 1. The largest absolute Gasteiger partial charge is 0.385 e. The molecule has 0 saturated heterocycles. The van der Waals surface area contributed by atoms with E-state index < -0.39 is 6.10 Å². The maximum atomic E-state index is 10.2. The van der Waals surface area contributed by atoms with Crippen molar-refractivity contribution in [1.29, 1.82) is 0 Å². The zero-order valence-electron chi connectivity index (χ0n) is 8.63. The molecule has 2 heterocycles. The van der Waals surface area contributed by atoms with E-state index in [1.54, 1.807) is 5.51 Å². The number of benzene rings is 1. The molecule has 1 aromatic heterocycles. The summed E-state index contributed by atoms with van der Waals surface area (Å²) in [6.45, 7) is 0. The van der Waals surface area contributed by atoms with E-state index >= 15 is 0 Å². The lowest BCUT2D eigenvalue weighted by Gasteiger charge is -2.16. The van der Waals surface area contributed by atoms with Crippen LogP contribution in [0.3, 0.4) is 0 Å². The van der Waals surface area contributed by atoms with Crippen molar-refractivity contribution in [2.45, 2.75) is 18.6 Å². The first-order valence-corrected chi connectivity index (χ1v) is 6.19. The third-order valence-corrected chi connectivity index (χ3v) is 3.54. The van der Waals surface area contributed by atoms with E-state index in [0.717, 1.165) is 17.8 Å². The van der Waals surface area contributed by atoms with Gasteiger partial charge in [-0.1, -0.05) is 18.2 Å². The highest BCUT2D eigenvalue weighted by molar-refractivity contribution is 7.07. The zero-order valence-corrected chi connectivity index (χ0v) is 9.45. The summed E-state index contributed by atoms with van der Waals surface area (Å²) in [5.41, 5.74) is 4.90. The molecule has 0 aliphatic carbocycles. The van der Waals surface area contributed by atoms with E-state index in [-0.39, 0.29) is 6.04 Å². The molecule has 0 saturated carbocycles. The quantitative estimate of drug-likeness (QED) is 0.834. The number of anilines is 1. The number of aliphatic hydroxyl groups excluding tert-OH is 1. The molecule has 2 aromatic rings. The number of rotatable bonds is 2. The lowest BCUT2D eigenvalue weighted by atomic mass is 10.0. The number of para-hydroxylation sites is 1. The summed E-state index contributed by atoms with van der Waals surface area (Å²) >= 11 is 1.51. The van der Waals surface area contributed by atoms with E-state index in [4.69, 9.17) is 0 Å². The van der Waals surface area contributed by atoms with Crippen LogP contribution < -0.4 is 5.32 Å². The normalized spacial score (nSPS) is 20.2. The number of hydrogen-bond acceptors (Lipinski definition) is 4. The van der Waals surface area contributed by atoms with Crippen LogP contribution in [0.5, 0.6) is 0 Å². The first kappa shape index (κ1) is 9.81.